The highest BCUT2D eigenvalue weighted by Gasteiger charge is 2.18. The monoisotopic (exact) mass is 355 g/mol. The van der Waals surface area contributed by atoms with Gasteiger partial charge in [-0.15, -0.1) is 0 Å². The third-order valence-electron chi connectivity index (χ3n) is 4.11. The summed E-state index contributed by atoms with van der Waals surface area (Å²) in [5, 5.41) is 9.11. The quantitative estimate of drug-likeness (QED) is 0.478. The van der Waals surface area contributed by atoms with Gasteiger partial charge in [-0.3, -0.25) is 9.59 Å². The third-order valence-corrected chi connectivity index (χ3v) is 4.11. The van der Waals surface area contributed by atoms with Gasteiger partial charge in [0.2, 0.25) is 0 Å². The summed E-state index contributed by atoms with van der Waals surface area (Å²) in [7, 11) is 0. The molecular formula is C19H21N3O4. The molecule has 7 nitrogen and oxygen atoms in total. The van der Waals surface area contributed by atoms with E-state index >= 15 is 0 Å². The van der Waals surface area contributed by atoms with Crippen LogP contribution in [0.2, 0.25) is 0 Å². The number of carbonyl (C=O) groups excluding carboxylic acids is 1. The van der Waals surface area contributed by atoms with Crippen LogP contribution >= 0.6 is 0 Å². The van der Waals surface area contributed by atoms with E-state index in [0.717, 1.165) is 5.56 Å². The molecule has 0 unspecified atom stereocenters. The van der Waals surface area contributed by atoms with Crippen molar-refractivity contribution in [3.05, 3.63) is 46.4 Å². The van der Waals surface area contributed by atoms with Crippen molar-refractivity contribution >= 4 is 16.9 Å². The number of hydrogen-bond donors (Lipinski definition) is 0. The number of aryl methyl sites for hydroxylation is 2. The van der Waals surface area contributed by atoms with Gasteiger partial charge < -0.3 is 9.26 Å². The van der Waals surface area contributed by atoms with E-state index in [-0.39, 0.29) is 17.0 Å². The number of nitrogens with zero attached hydrogens (tertiary/aromatic N) is 3. The lowest BCUT2D eigenvalue weighted by molar-refractivity contribution is -0.143. The molecule has 0 saturated carbocycles. The molecule has 26 heavy (non-hydrogen) atoms. The van der Waals surface area contributed by atoms with Gasteiger partial charge in [0.25, 0.3) is 5.56 Å². The van der Waals surface area contributed by atoms with Gasteiger partial charge in [0, 0.05) is 18.5 Å². The molecule has 0 amide bonds. The summed E-state index contributed by atoms with van der Waals surface area (Å²) in [6, 6.07) is 9.63. The number of hydrogen-bond acceptors (Lipinski definition) is 6. The van der Waals surface area contributed by atoms with Crippen molar-refractivity contribution in [2.24, 2.45) is 0 Å². The second-order valence-electron chi connectivity index (χ2n) is 5.97. The number of carbonyl (C=O) groups is 1. The maximum atomic E-state index is 12.6. The molecule has 0 aliphatic heterocycles. The minimum Gasteiger partial charge on any atom is -0.466 e. The Morgan fingerprint density at radius 2 is 2.00 bits per heavy atom. The number of esters is 1. The van der Waals surface area contributed by atoms with Crippen molar-refractivity contribution < 1.29 is 14.1 Å². The molecule has 2 heterocycles. The minimum absolute atomic E-state index is 0.222. The van der Waals surface area contributed by atoms with Crippen molar-refractivity contribution in [3.63, 3.8) is 0 Å². The van der Waals surface area contributed by atoms with E-state index in [2.05, 4.69) is 10.3 Å². The van der Waals surface area contributed by atoms with Crippen molar-refractivity contribution in [1.82, 2.24) is 14.9 Å². The Balaban J connectivity index is 1.88. The summed E-state index contributed by atoms with van der Waals surface area (Å²) < 4.78 is 11.5. The summed E-state index contributed by atoms with van der Waals surface area (Å²) in [5.74, 6) is 0.346. The first-order valence-electron chi connectivity index (χ1n) is 8.70. The fourth-order valence-corrected chi connectivity index (χ4v) is 2.85. The summed E-state index contributed by atoms with van der Waals surface area (Å²) in [4.78, 5) is 24.1. The highest BCUT2D eigenvalue weighted by atomic mass is 16.5. The van der Waals surface area contributed by atoms with E-state index in [1.165, 1.54) is 4.68 Å². The van der Waals surface area contributed by atoms with Crippen LogP contribution in [-0.4, -0.2) is 27.5 Å². The van der Waals surface area contributed by atoms with Gasteiger partial charge in [-0.1, -0.05) is 35.5 Å². The van der Waals surface area contributed by atoms with Crippen molar-refractivity contribution in [2.75, 3.05) is 6.61 Å². The van der Waals surface area contributed by atoms with E-state index in [4.69, 9.17) is 9.26 Å². The normalized spacial score (nSPS) is 11.0. The van der Waals surface area contributed by atoms with Gasteiger partial charge in [0.05, 0.1) is 12.0 Å². The maximum absolute atomic E-state index is 12.6. The van der Waals surface area contributed by atoms with Crippen LogP contribution in [0.3, 0.4) is 0 Å². The molecule has 0 aliphatic rings. The molecule has 0 bridgehead atoms. The van der Waals surface area contributed by atoms with E-state index in [1.807, 2.05) is 30.3 Å². The molecule has 0 spiro atoms. The first-order chi connectivity index (χ1) is 12.6. The van der Waals surface area contributed by atoms with Gasteiger partial charge in [-0.2, -0.15) is 5.10 Å². The predicted molar refractivity (Wildman–Crippen MR) is 96.7 cm³/mol. The second kappa shape index (κ2) is 7.95. The minimum atomic E-state index is -0.285. The van der Waals surface area contributed by atoms with Gasteiger partial charge >= 0.3 is 5.97 Å². The average Bonchev–Trinajstić information content (AvgIpc) is 3.04. The van der Waals surface area contributed by atoms with Crippen LogP contribution in [0, 0.1) is 6.92 Å². The number of rotatable bonds is 7. The maximum Gasteiger partial charge on any atom is 0.305 e. The SMILES string of the molecule is CCOC(=O)CCCCn1nc(-c2ccccc2)c2c(C)onc2c1=O. The second-order valence-corrected chi connectivity index (χ2v) is 5.97. The lowest BCUT2D eigenvalue weighted by Gasteiger charge is -2.09. The van der Waals surface area contributed by atoms with Crippen molar-refractivity contribution in [1.29, 1.82) is 0 Å². The smallest absolute Gasteiger partial charge is 0.305 e. The molecule has 1 aromatic carbocycles. The number of fused-ring (bicyclic) bond motifs is 1. The zero-order valence-corrected chi connectivity index (χ0v) is 14.9. The van der Waals surface area contributed by atoms with E-state index in [1.54, 1.807) is 13.8 Å². The molecule has 136 valence electrons. The number of benzene rings is 1. The predicted octanol–water partition coefficient (Wildman–Crippen LogP) is 3.09. The Labute approximate surface area is 150 Å². The lowest BCUT2D eigenvalue weighted by Crippen LogP contribution is -2.24. The zero-order valence-electron chi connectivity index (χ0n) is 14.9. The van der Waals surface area contributed by atoms with Gasteiger partial charge in [-0.05, 0) is 26.7 Å². The molecule has 0 saturated heterocycles. The Morgan fingerprint density at radius 3 is 2.73 bits per heavy atom. The molecule has 0 fully saturated rings. The molecule has 3 aromatic rings. The molecule has 0 aliphatic carbocycles. The highest BCUT2D eigenvalue weighted by molar-refractivity contribution is 5.92. The molecular weight excluding hydrogens is 334 g/mol. The van der Waals surface area contributed by atoms with Crippen LogP contribution in [-0.2, 0) is 16.1 Å². The van der Waals surface area contributed by atoms with Gasteiger partial charge in [0.15, 0.2) is 5.52 Å². The van der Waals surface area contributed by atoms with Crippen LogP contribution in [0.25, 0.3) is 22.2 Å². The Hall–Kier alpha value is -2.96. The van der Waals surface area contributed by atoms with Crippen molar-refractivity contribution in [2.45, 2.75) is 39.7 Å². The Bertz CT molecular complexity index is 960. The number of unbranched alkanes of at least 4 members (excludes halogenated alkanes) is 1. The van der Waals surface area contributed by atoms with Crippen LogP contribution in [0.1, 0.15) is 31.9 Å². The fourth-order valence-electron chi connectivity index (χ4n) is 2.85. The summed E-state index contributed by atoms with van der Waals surface area (Å²) >= 11 is 0. The van der Waals surface area contributed by atoms with Crippen molar-refractivity contribution in [3.8, 4) is 11.3 Å². The first kappa shape index (κ1) is 17.8. The molecule has 0 radical (unpaired) electrons. The van der Waals surface area contributed by atoms with Gasteiger partial charge in [-0.25, -0.2) is 4.68 Å². The Morgan fingerprint density at radius 1 is 1.23 bits per heavy atom. The number of aromatic nitrogens is 3. The van der Waals surface area contributed by atoms with Gasteiger partial charge in [0.1, 0.15) is 11.5 Å². The average molecular weight is 355 g/mol. The van der Waals surface area contributed by atoms with Crippen LogP contribution < -0.4 is 5.56 Å². The van der Waals surface area contributed by atoms with E-state index in [9.17, 15) is 9.59 Å². The van der Waals surface area contributed by atoms with Crippen LogP contribution in [0.4, 0.5) is 0 Å². The topological polar surface area (TPSA) is 87.2 Å². The third kappa shape index (κ3) is 3.66. The number of ether oxygens (including phenoxy) is 1. The molecule has 7 heteroatoms. The molecule has 3 rings (SSSR count). The summed E-state index contributed by atoms with van der Waals surface area (Å²) in [6.07, 6.45) is 1.60. The fraction of sp³-hybridized carbons (Fsp3) is 0.368. The van der Waals surface area contributed by atoms with E-state index < -0.39 is 0 Å². The first-order valence-corrected chi connectivity index (χ1v) is 8.70. The van der Waals surface area contributed by atoms with E-state index in [0.29, 0.717) is 49.3 Å². The van der Waals surface area contributed by atoms with Crippen LogP contribution in [0.15, 0.2) is 39.6 Å². The summed E-state index contributed by atoms with van der Waals surface area (Å²) in [6.45, 7) is 4.33. The lowest BCUT2D eigenvalue weighted by atomic mass is 10.1. The van der Waals surface area contributed by atoms with Crippen LogP contribution in [0.5, 0.6) is 0 Å². The zero-order chi connectivity index (χ0) is 18.5. The molecule has 0 N–H and O–H groups in total. The molecule has 2 aromatic heterocycles. The largest absolute Gasteiger partial charge is 0.466 e. The Kier molecular flexibility index (Phi) is 5.46. The molecule has 0 atom stereocenters. The standard InChI is InChI=1S/C19H21N3O4/c1-3-25-15(23)11-7-8-12-22-19(24)18-16(13(2)26-21-18)17(20-22)14-9-5-4-6-10-14/h4-6,9-10H,3,7-8,11-12H2,1-2H3. The highest BCUT2D eigenvalue weighted by Crippen LogP contribution is 2.26. The summed E-state index contributed by atoms with van der Waals surface area (Å²) in [5.41, 5.74) is 1.56.